The number of rotatable bonds is 4. The number of nitrogens with zero attached hydrogens (tertiary/aromatic N) is 4. The number of aliphatic hydroxyl groups is 1. The van der Waals surface area contributed by atoms with Gasteiger partial charge in [0.25, 0.3) is 0 Å². The van der Waals surface area contributed by atoms with E-state index in [0.717, 1.165) is 59.7 Å². The molecule has 0 spiro atoms. The standard InChI is InChI=1S/C23H22N6O2/c30-23(6-1-7-23)16-2-4-17(5-3-16)27-20-21-25-8-10-29(21)14-19(28-20)15-12-18-22(26-13-15)31-11-9-24-18/h2-5,8,10,12-14,24,30H,1,6-7,9,11H2,(H,27,28). The first-order valence-corrected chi connectivity index (χ1v) is 10.5. The second kappa shape index (κ2) is 6.95. The predicted molar refractivity (Wildman–Crippen MR) is 118 cm³/mol. The molecule has 4 heterocycles. The highest BCUT2D eigenvalue weighted by molar-refractivity contribution is 5.75. The number of hydrogen-bond acceptors (Lipinski definition) is 7. The number of imidazole rings is 1. The normalized spacial score (nSPS) is 16.7. The summed E-state index contributed by atoms with van der Waals surface area (Å²) in [6.07, 6.45) is 10.1. The van der Waals surface area contributed by atoms with Gasteiger partial charge in [0.2, 0.25) is 5.88 Å². The molecular weight excluding hydrogens is 392 g/mol. The van der Waals surface area contributed by atoms with Crippen molar-refractivity contribution in [3.05, 3.63) is 60.7 Å². The fraction of sp³-hybridized carbons (Fsp3) is 0.261. The summed E-state index contributed by atoms with van der Waals surface area (Å²) in [6, 6.07) is 9.91. The number of ether oxygens (including phenoxy) is 1. The third-order valence-corrected chi connectivity index (χ3v) is 6.04. The van der Waals surface area contributed by atoms with Crippen molar-refractivity contribution in [2.75, 3.05) is 23.8 Å². The molecule has 0 amide bonds. The summed E-state index contributed by atoms with van der Waals surface area (Å²) in [7, 11) is 0. The molecular formula is C23H22N6O2. The number of nitrogens with one attached hydrogen (secondary N) is 2. The van der Waals surface area contributed by atoms with Crippen LogP contribution in [0.15, 0.2) is 55.1 Å². The van der Waals surface area contributed by atoms with Crippen LogP contribution < -0.4 is 15.4 Å². The van der Waals surface area contributed by atoms with E-state index in [1.54, 1.807) is 12.4 Å². The molecule has 1 aliphatic carbocycles. The van der Waals surface area contributed by atoms with Crippen LogP contribution in [0.4, 0.5) is 17.2 Å². The van der Waals surface area contributed by atoms with Crippen LogP contribution in [0, 0.1) is 0 Å². The molecule has 3 aromatic heterocycles. The van der Waals surface area contributed by atoms with E-state index >= 15 is 0 Å². The minimum absolute atomic E-state index is 0.614. The Morgan fingerprint density at radius 3 is 2.84 bits per heavy atom. The lowest BCUT2D eigenvalue weighted by Crippen LogP contribution is -2.33. The summed E-state index contributed by atoms with van der Waals surface area (Å²) in [6.45, 7) is 1.37. The second-order valence-corrected chi connectivity index (χ2v) is 8.07. The number of benzene rings is 1. The van der Waals surface area contributed by atoms with E-state index in [1.165, 1.54) is 0 Å². The molecule has 1 fully saturated rings. The molecule has 8 heteroatoms. The first-order valence-electron chi connectivity index (χ1n) is 10.5. The quantitative estimate of drug-likeness (QED) is 0.468. The van der Waals surface area contributed by atoms with Gasteiger partial charge in [-0.05, 0) is 43.0 Å². The Kier molecular flexibility index (Phi) is 4.07. The molecule has 3 N–H and O–H groups in total. The molecule has 4 aromatic rings. The number of hydrogen-bond donors (Lipinski definition) is 3. The van der Waals surface area contributed by atoms with Gasteiger partial charge in [-0.2, -0.15) is 0 Å². The molecule has 31 heavy (non-hydrogen) atoms. The minimum atomic E-state index is -0.662. The smallest absolute Gasteiger partial charge is 0.237 e. The molecule has 1 aliphatic heterocycles. The van der Waals surface area contributed by atoms with Gasteiger partial charge in [-0.3, -0.25) is 0 Å². The molecule has 8 nitrogen and oxygen atoms in total. The summed E-state index contributed by atoms with van der Waals surface area (Å²) in [5, 5.41) is 17.3. The Morgan fingerprint density at radius 1 is 1.16 bits per heavy atom. The Bertz CT molecular complexity index is 1260. The van der Waals surface area contributed by atoms with Crippen LogP contribution in [0.25, 0.3) is 16.9 Å². The molecule has 0 saturated heterocycles. The van der Waals surface area contributed by atoms with E-state index < -0.39 is 5.60 Å². The third-order valence-electron chi connectivity index (χ3n) is 6.04. The zero-order chi connectivity index (χ0) is 20.8. The molecule has 156 valence electrons. The number of pyridine rings is 1. The average Bonchev–Trinajstić information content (AvgIpc) is 3.27. The van der Waals surface area contributed by atoms with Gasteiger partial charge in [0.15, 0.2) is 11.5 Å². The summed E-state index contributed by atoms with van der Waals surface area (Å²) in [5.41, 5.74) is 4.46. The first-order chi connectivity index (χ1) is 15.2. The van der Waals surface area contributed by atoms with Gasteiger partial charge in [0.1, 0.15) is 6.61 Å². The van der Waals surface area contributed by atoms with E-state index in [4.69, 9.17) is 9.72 Å². The minimum Gasteiger partial charge on any atom is -0.474 e. The number of aromatic nitrogens is 4. The Hall–Kier alpha value is -3.65. The van der Waals surface area contributed by atoms with Crippen LogP contribution in [0.2, 0.25) is 0 Å². The van der Waals surface area contributed by atoms with E-state index in [2.05, 4.69) is 20.6 Å². The van der Waals surface area contributed by atoms with Gasteiger partial charge < -0.3 is 24.9 Å². The zero-order valence-corrected chi connectivity index (χ0v) is 16.9. The van der Waals surface area contributed by atoms with Crippen LogP contribution in [-0.2, 0) is 5.60 Å². The highest BCUT2D eigenvalue weighted by Crippen LogP contribution is 2.41. The van der Waals surface area contributed by atoms with Gasteiger partial charge in [-0.1, -0.05) is 12.1 Å². The van der Waals surface area contributed by atoms with Crippen LogP contribution >= 0.6 is 0 Å². The largest absolute Gasteiger partial charge is 0.474 e. The van der Waals surface area contributed by atoms with Crippen molar-refractivity contribution in [3.63, 3.8) is 0 Å². The van der Waals surface area contributed by atoms with E-state index in [-0.39, 0.29) is 0 Å². The van der Waals surface area contributed by atoms with Crippen molar-refractivity contribution in [2.24, 2.45) is 0 Å². The highest BCUT2D eigenvalue weighted by atomic mass is 16.5. The topological polar surface area (TPSA) is 96.6 Å². The molecule has 6 rings (SSSR count). The maximum absolute atomic E-state index is 10.6. The SMILES string of the molecule is OC1(c2ccc(Nc3nc(-c4cnc5c(c4)NCCO5)cn4ccnc34)cc2)CCC1. The van der Waals surface area contributed by atoms with Crippen molar-refractivity contribution in [2.45, 2.75) is 24.9 Å². The lowest BCUT2D eigenvalue weighted by Gasteiger charge is -2.37. The average molecular weight is 414 g/mol. The monoisotopic (exact) mass is 414 g/mol. The summed E-state index contributed by atoms with van der Waals surface area (Å²) in [4.78, 5) is 13.7. The lowest BCUT2D eigenvalue weighted by molar-refractivity contribution is -0.0387. The predicted octanol–water partition coefficient (Wildman–Crippen LogP) is 3.71. The van der Waals surface area contributed by atoms with Crippen LogP contribution in [-0.4, -0.2) is 37.6 Å². The van der Waals surface area contributed by atoms with Gasteiger partial charge >= 0.3 is 0 Å². The van der Waals surface area contributed by atoms with Crippen LogP contribution in [0.1, 0.15) is 24.8 Å². The first kappa shape index (κ1) is 18.1. The maximum atomic E-state index is 10.6. The maximum Gasteiger partial charge on any atom is 0.237 e. The third kappa shape index (κ3) is 3.16. The van der Waals surface area contributed by atoms with Gasteiger partial charge in [0, 0.05) is 42.6 Å². The molecule has 1 aromatic carbocycles. The fourth-order valence-electron chi connectivity index (χ4n) is 4.12. The number of fused-ring (bicyclic) bond motifs is 2. The van der Waals surface area contributed by atoms with Crippen LogP contribution in [0.3, 0.4) is 0 Å². The van der Waals surface area contributed by atoms with Crippen molar-refractivity contribution >= 4 is 22.8 Å². The van der Waals surface area contributed by atoms with Crippen molar-refractivity contribution in [1.82, 2.24) is 19.4 Å². The molecule has 0 radical (unpaired) electrons. The highest BCUT2D eigenvalue weighted by Gasteiger charge is 2.35. The molecule has 0 bridgehead atoms. The van der Waals surface area contributed by atoms with Crippen molar-refractivity contribution < 1.29 is 9.84 Å². The summed E-state index contributed by atoms with van der Waals surface area (Å²) < 4.78 is 7.53. The van der Waals surface area contributed by atoms with E-state index in [1.807, 2.05) is 47.1 Å². The Balaban J connectivity index is 1.35. The molecule has 2 aliphatic rings. The van der Waals surface area contributed by atoms with Crippen molar-refractivity contribution in [3.8, 4) is 17.1 Å². The van der Waals surface area contributed by atoms with Gasteiger partial charge in [-0.25, -0.2) is 15.0 Å². The van der Waals surface area contributed by atoms with E-state index in [0.29, 0.717) is 18.3 Å². The Labute approximate surface area is 179 Å². The van der Waals surface area contributed by atoms with Gasteiger partial charge in [-0.15, -0.1) is 0 Å². The number of anilines is 3. The summed E-state index contributed by atoms with van der Waals surface area (Å²) in [5.74, 6) is 1.27. The zero-order valence-electron chi connectivity index (χ0n) is 16.9. The van der Waals surface area contributed by atoms with Gasteiger partial charge in [0.05, 0.1) is 17.0 Å². The van der Waals surface area contributed by atoms with Crippen LogP contribution in [0.5, 0.6) is 5.88 Å². The van der Waals surface area contributed by atoms with Crippen molar-refractivity contribution in [1.29, 1.82) is 0 Å². The summed E-state index contributed by atoms with van der Waals surface area (Å²) >= 11 is 0. The molecule has 1 saturated carbocycles. The molecule has 0 atom stereocenters. The molecule has 0 unspecified atom stereocenters. The second-order valence-electron chi connectivity index (χ2n) is 8.07. The Morgan fingerprint density at radius 2 is 2.03 bits per heavy atom. The van der Waals surface area contributed by atoms with E-state index in [9.17, 15) is 5.11 Å². The fourth-order valence-corrected chi connectivity index (χ4v) is 4.12. The lowest BCUT2D eigenvalue weighted by atomic mass is 9.75.